The molecule has 1 amide bonds. The predicted octanol–water partition coefficient (Wildman–Crippen LogP) is 5.29. The van der Waals surface area contributed by atoms with Crippen molar-refractivity contribution in [2.75, 3.05) is 18.2 Å². The maximum Gasteiger partial charge on any atom is 0.234 e. The van der Waals surface area contributed by atoms with Crippen molar-refractivity contribution >= 4 is 23.4 Å². The van der Waals surface area contributed by atoms with E-state index in [4.69, 9.17) is 4.74 Å². The first-order chi connectivity index (χ1) is 15.6. The fourth-order valence-corrected chi connectivity index (χ4v) is 4.08. The first-order valence-electron chi connectivity index (χ1n) is 10.2. The van der Waals surface area contributed by atoms with Crippen molar-refractivity contribution in [2.45, 2.75) is 19.0 Å². The zero-order valence-corrected chi connectivity index (χ0v) is 19.0. The Kier molecular flexibility index (Phi) is 6.56. The van der Waals surface area contributed by atoms with E-state index in [-0.39, 0.29) is 11.7 Å². The zero-order chi connectivity index (χ0) is 22.5. The molecule has 0 aliphatic heterocycles. The highest BCUT2D eigenvalue weighted by molar-refractivity contribution is 7.99. The third kappa shape index (κ3) is 4.68. The number of rotatable bonds is 7. The number of methoxy groups -OCH3 is 1. The Hall–Kier alpha value is -3.58. The molecule has 0 bridgehead atoms. The highest BCUT2D eigenvalue weighted by Crippen LogP contribution is 2.33. The maximum absolute atomic E-state index is 12.6. The van der Waals surface area contributed by atoms with E-state index >= 15 is 0 Å². The number of carbonyl (C=O) groups excluding carboxylic acids is 1. The fourth-order valence-electron chi connectivity index (χ4n) is 3.32. The van der Waals surface area contributed by atoms with Gasteiger partial charge in [-0.1, -0.05) is 48.2 Å². The van der Waals surface area contributed by atoms with Crippen molar-refractivity contribution < 1.29 is 9.53 Å². The van der Waals surface area contributed by atoms with Crippen molar-refractivity contribution in [3.8, 4) is 22.8 Å². The van der Waals surface area contributed by atoms with Crippen molar-refractivity contribution in [2.24, 2.45) is 0 Å². The van der Waals surface area contributed by atoms with Gasteiger partial charge in [-0.15, -0.1) is 10.2 Å². The average molecular weight is 445 g/mol. The lowest BCUT2D eigenvalue weighted by atomic mass is 10.1. The summed E-state index contributed by atoms with van der Waals surface area (Å²) < 4.78 is 7.48. The quantitative estimate of drug-likeness (QED) is 0.392. The second kappa shape index (κ2) is 9.70. The lowest BCUT2D eigenvalue weighted by Crippen LogP contribution is -2.14. The lowest BCUT2D eigenvalue weighted by Gasteiger charge is -2.12. The summed E-state index contributed by atoms with van der Waals surface area (Å²) in [4.78, 5) is 12.6. The van der Waals surface area contributed by atoms with Gasteiger partial charge in [0.1, 0.15) is 5.75 Å². The fraction of sp³-hybridized carbons (Fsp3) is 0.160. The van der Waals surface area contributed by atoms with E-state index in [0.717, 1.165) is 22.5 Å². The summed E-state index contributed by atoms with van der Waals surface area (Å²) in [6.45, 7) is 4.08. The lowest BCUT2D eigenvalue weighted by molar-refractivity contribution is -0.113. The van der Waals surface area contributed by atoms with Gasteiger partial charge in [0.25, 0.3) is 0 Å². The van der Waals surface area contributed by atoms with E-state index in [1.807, 2.05) is 91.2 Å². The molecule has 0 radical (unpaired) electrons. The van der Waals surface area contributed by atoms with Crippen molar-refractivity contribution in [3.63, 3.8) is 0 Å². The van der Waals surface area contributed by atoms with Crippen molar-refractivity contribution in [1.82, 2.24) is 14.8 Å². The van der Waals surface area contributed by atoms with Crippen molar-refractivity contribution in [3.05, 3.63) is 83.9 Å². The van der Waals surface area contributed by atoms with Crippen LogP contribution in [0.2, 0.25) is 0 Å². The van der Waals surface area contributed by atoms with E-state index in [2.05, 4.69) is 15.5 Å². The molecule has 4 rings (SSSR count). The number of nitrogens with zero attached hydrogens (tertiary/aromatic N) is 3. The van der Waals surface area contributed by atoms with Gasteiger partial charge in [-0.2, -0.15) is 0 Å². The van der Waals surface area contributed by atoms with Crippen LogP contribution in [0.4, 0.5) is 5.69 Å². The summed E-state index contributed by atoms with van der Waals surface area (Å²) in [7, 11) is 1.63. The molecule has 0 unspecified atom stereocenters. The molecule has 6 nitrogen and oxygen atoms in total. The number of carbonyl (C=O) groups is 1. The monoisotopic (exact) mass is 444 g/mol. The number of aromatic nitrogens is 3. The molecule has 4 aromatic rings. The Morgan fingerprint density at radius 1 is 0.969 bits per heavy atom. The van der Waals surface area contributed by atoms with Crippen LogP contribution in [0, 0.1) is 13.8 Å². The first-order valence-corrected chi connectivity index (χ1v) is 11.2. The Labute approximate surface area is 191 Å². The van der Waals surface area contributed by atoms with Gasteiger partial charge in [-0.05, 0) is 61.4 Å². The van der Waals surface area contributed by atoms with Gasteiger partial charge in [0.05, 0.1) is 18.4 Å². The van der Waals surface area contributed by atoms with Crippen LogP contribution < -0.4 is 10.1 Å². The molecule has 1 N–H and O–H groups in total. The van der Waals surface area contributed by atoms with E-state index in [0.29, 0.717) is 16.7 Å². The summed E-state index contributed by atoms with van der Waals surface area (Å²) >= 11 is 1.34. The normalized spacial score (nSPS) is 10.7. The molecule has 0 saturated heterocycles. The molecule has 0 aliphatic rings. The standard InChI is InChI=1S/C25H24N4O2S/c1-17-13-14-19(15-18(17)2)26-23(30)16-32-25-28-27-24(21-11-7-8-12-22(21)31-3)29(25)20-9-5-4-6-10-20/h4-15H,16H2,1-3H3,(H,26,30). The summed E-state index contributed by atoms with van der Waals surface area (Å²) in [6, 6.07) is 23.4. The maximum atomic E-state index is 12.6. The minimum absolute atomic E-state index is 0.0975. The summed E-state index contributed by atoms with van der Waals surface area (Å²) in [5.74, 6) is 1.48. The second-order valence-electron chi connectivity index (χ2n) is 7.31. The molecule has 162 valence electrons. The van der Waals surface area contributed by atoms with Gasteiger partial charge in [-0.25, -0.2) is 0 Å². The van der Waals surface area contributed by atoms with E-state index in [1.165, 1.54) is 17.3 Å². The third-order valence-electron chi connectivity index (χ3n) is 5.12. The highest BCUT2D eigenvalue weighted by atomic mass is 32.2. The van der Waals surface area contributed by atoms with Crippen LogP contribution >= 0.6 is 11.8 Å². The van der Waals surface area contributed by atoms with Gasteiger partial charge in [-0.3, -0.25) is 9.36 Å². The topological polar surface area (TPSA) is 69.0 Å². The minimum atomic E-state index is -0.0975. The molecule has 32 heavy (non-hydrogen) atoms. The number of para-hydroxylation sites is 2. The van der Waals surface area contributed by atoms with Crippen LogP contribution in [0.5, 0.6) is 5.75 Å². The molecular weight excluding hydrogens is 420 g/mol. The number of ether oxygens (including phenoxy) is 1. The molecule has 1 heterocycles. The Balaban J connectivity index is 1.61. The largest absolute Gasteiger partial charge is 0.496 e. The number of thioether (sulfide) groups is 1. The molecule has 0 spiro atoms. The van der Waals surface area contributed by atoms with Gasteiger partial charge in [0.2, 0.25) is 5.91 Å². The highest BCUT2D eigenvalue weighted by Gasteiger charge is 2.19. The summed E-state index contributed by atoms with van der Waals surface area (Å²) in [5, 5.41) is 12.4. The SMILES string of the molecule is COc1ccccc1-c1nnc(SCC(=O)Nc2ccc(C)c(C)c2)n1-c1ccccc1. The number of hydrogen-bond acceptors (Lipinski definition) is 5. The minimum Gasteiger partial charge on any atom is -0.496 e. The molecule has 7 heteroatoms. The predicted molar refractivity (Wildman–Crippen MR) is 129 cm³/mol. The van der Waals surface area contributed by atoms with Gasteiger partial charge >= 0.3 is 0 Å². The van der Waals surface area contributed by atoms with Crippen LogP contribution in [0.25, 0.3) is 17.1 Å². The van der Waals surface area contributed by atoms with E-state index in [1.54, 1.807) is 7.11 Å². The van der Waals surface area contributed by atoms with Gasteiger partial charge < -0.3 is 10.1 Å². The third-order valence-corrected chi connectivity index (χ3v) is 6.05. The smallest absolute Gasteiger partial charge is 0.234 e. The molecule has 0 saturated carbocycles. The number of benzene rings is 3. The summed E-state index contributed by atoms with van der Waals surface area (Å²) in [5.41, 5.74) is 4.86. The van der Waals surface area contributed by atoms with E-state index < -0.39 is 0 Å². The van der Waals surface area contributed by atoms with Crippen LogP contribution in [0.15, 0.2) is 78.0 Å². The number of amides is 1. The first kappa shape index (κ1) is 21.6. The Bertz CT molecular complexity index is 1240. The van der Waals surface area contributed by atoms with Gasteiger partial charge in [0.15, 0.2) is 11.0 Å². The van der Waals surface area contributed by atoms with E-state index in [9.17, 15) is 4.79 Å². The van der Waals surface area contributed by atoms with Crippen LogP contribution in [-0.2, 0) is 4.79 Å². The Morgan fingerprint density at radius 2 is 1.72 bits per heavy atom. The van der Waals surface area contributed by atoms with Crippen LogP contribution in [0.1, 0.15) is 11.1 Å². The molecule has 0 fully saturated rings. The molecular formula is C25H24N4O2S. The molecule has 1 aromatic heterocycles. The molecule has 3 aromatic carbocycles. The number of nitrogens with one attached hydrogen (secondary N) is 1. The zero-order valence-electron chi connectivity index (χ0n) is 18.2. The average Bonchev–Trinajstić information content (AvgIpc) is 3.24. The number of aryl methyl sites for hydroxylation is 2. The second-order valence-corrected chi connectivity index (χ2v) is 8.26. The Morgan fingerprint density at radius 3 is 2.47 bits per heavy atom. The molecule has 0 atom stereocenters. The van der Waals surface area contributed by atoms with Crippen LogP contribution in [0.3, 0.4) is 0 Å². The number of anilines is 1. The van der Waals surface area contributed by atoms with Gasteiger partial charge in [0, 0.05) is 11.4 Å². The number of hydrogen-bond donors (Lipinski definition) is 1. The van der Waals surface area contributed by atoms with Crippen LogP contribution in [-0.4, -0.2) is 33.5 Å². The molecule has 0 aliphatic carbocycles. The summed E-state index contributed by atoms with van der Waals surface area (Å²) in [6.07, 6.45) is 0. The van der Waals surface area contributed by atoms with Crippen molar-refractivity contribution in [1.29, 1.82) is 0 Å².